The Kier molecular flexibility index (Phi) is 7.63. The quantitative estimate of drug-likeness (QED) is 0.183. The summed E-state index contributed by atoms with van der Waals surface area (Å²) in [6.45, 7) is 7.57. The van der Waals surface area contributed by atoms with Crippen molar-refractivity contribution in [3.8, 4) is 23.0 Å². The van der Waals surface area contributed by atoms with Gasteiger partial charge in [-0.05, 0) is 68.7 Å². The van der Waals surface area contributed by atoms with Crippen molar-refractivity contribution >= 4 is 23.4 Å². The highest BCUT2D eigenvalue weighted by atomic mass is 32.2. The summed E-state index contributed by atoms with van der Waals surface area (Å²) < 4.78 is 19.9. The molecule has 9 heteroatoms. The number of carbonyl (C=O) groups is 1. The fraction of sp³-hybridized carbons (Fsp3) is 0.267. The lowest BCUT2D eigenvalue weighted by molar-refractivity contribution is -0.115. The van der Waals surface area contributed by atoms with E-state index in [1.807, 2.05) is 45.9 Å². The molecule has 0 fully saturated rings. The molecule has 0 saturated heterocycles. The number of thioether (sulfide) groups is 1. The van der Waals surface area contributed by atoms with Crippen molar-refractivity contribution in [2.24, 2.45) is 0 Å². The van der Waals surface area contributed by atoms with Crippen LogP contribution in [0.2, 0.25) is 0 Å². The van der Waals surface area contributed by atoms with Gasteiger partial charge in [-0.25, -0.2) is 9.37 Å². The average molecular weight is 545 g/mol. The Morgan fingerprint density at radius 3 is 2.62 bits per heavy atom. The number of ether oxygens (including phenoxy) is 1. The number of anilines is 1. The van der Waals surface area contributed by atoms with E-state index < -0.39 is 5.25 Å². The van der Waals surface area contributed by atoms with Crippen molar-refractivity contribution < 1.29 is 19.0 Å². The number of fused-ring (bicyclic) bond motifs is 2. The number of amides is 1. The third-order valence-corrected chi connectivity index (χ3v) is 8.12. The van der Waals surface area contributed by atoms with Crippen molar-refractivity contribution in [2.75, 3.05) is 5.32 Å². The summed E-state index contributed by atoms with van der Waals surface area (Å²) in [7, 11) is 0. The number of hydrogen-bond acceptors (Lipinski definition) is 7. The van der Waals surface area contributed by atoms with Crippen LogP contribution in [0, 0.1) is 26.6 Å². The SMILES string of the molecule is CC[C@H](Sc1nc(-c2ccc(F)cc2)nc2c1Cc1c(CO)cnc(C)c1O2)C(=O)Nc1cc(C)ccc1C. The van der Waals surface area contributed by atoms with Gasteiger partial charge in [-0.1, -0.05) is 30.8 Å². The zero-order chi connectivity index (χ0) is 27.7. The van der Waals surface area contributed by atoms with Crippen LogP contribution >= 0.6 is 11.8 Å². The number of benzene rings is 2. The summed E-state index contributed by atoms with van der Waals surface area (Å²) in [6.07, 6.45) is 2.63. The molecule has 0 aliphatic carbocycles. The van der Waals surface area contributed by atoms with E-state index in [0.717, 1.165) is 27.9 Å². The second-order valence-electron chi connectivity index (χ2n) is 9.58. The van der Waals surface area contributed by atoms with Crippen molar-refractivity contribution in [3.05, 3.63) is 88.0 Å². The molecule has 0 radical (unpaired) electrons. The molecule has 0 unspecified atom stereocenters. The van der Waals surface area contributed by atoms with Gasteiger partial charge >= 0.3 is 0 Å². The lowest BCUT2D eigenvalue weighted by atomic mass is 9.99. The average Bonchev–Trinajstić information content (AvgIpc) is 2.93. The first-order valence-electron chi connectivity index (χ1n) is 12.7. The van der Waals surface area contributed by atoms with Crippen molar-refractivity contribution in [1.29, 1.82) is 0 Å². The topological polar surface area (TPSA) is 97.2 Å². The van der Waals surface area contributed by atoms with E-state index in [4.69, 9.17) is 9.72 Å². The summed E-state index contributed by atoms with van der Waals surface area (Å²) in [6, 6.07) is 11.9. The minimum Gasteiger partial charge on any atom is -0.436 e. The van der Waals surface area contributed by atoms with Gasteiger partial charge in [0, 0.05) is 35.0 Å². The van der Waals surface area contributed by atoms with Crippen LogP contribution in [0.25, 0.3) is 11.4 Å². The Labute approximate surface area is 230 Å². The Bertz CT molecular complexity index is 1560. The number of nitrogens with one attached hydrogen (secondary N) is 1. The summed E-state index contributed by atoms with van der Waals surface area (Å²) >= 11 is 1.35. The lowest BCUT2D eigenvalue weighted by Gasteiger charge is -2.25. The molecular formula is C30H29FN4O3S. The molecule has 1 amide bonds. The number of aromatic nitrogens is 3. The molecule has 200 valence electrons. The monoisotopic (exact) mass is 544 g/mol. The molecule has 0 bridgehead atoms. The number of pyridine rings is 1. The second kappa shape index (κ2) is 11.1. The predicted octanol–water partition coefficient (Wildman–Crippen LogP) is 6.30. The van der Waals surface area contributed by atoms with Crippen LogP contribution in [0.5, 0.6) is 11.6 Å². The maximum atomic E-state index is 13.6. The van der Waals surface area contributed by atoms with Crippen molar-refractivity contribution in [2.45, 2.75) is 57.4 Å². The number of rotatable bonds is 7. The number of aryl methyl sites for hydroxylation is 3. The van der Waals surface area contributed by atoms with E-state index >= 15 is 0 Å². The summed E-state index contributed by atoms with van der Waals surface area (Å²) in [4.78, 5) is 27.3. The predicted molar refractivity (Wildman–Crippen MR) is 150 cm³/mol. The highest BCUT2D eigenvalue weighted by Gasteiger charge is 2.30. The van der Waals surface area contributed by atoms with E-state index in [-0.39, 0.29) is 18.3 Å². The first-order valence-corrected chi connectivity index (χ1v) is 13.6. The Hall–Kier alpha value is -3.82. The standard InChI is InChI=1S/C30H29FN4O3S/c1-5-25(28(37)33-24-12-16(2)6-7-17(24)3)39-30-23-13-22-20(15-36)14-32-18(4)26(22)38-29(23)34-27(35-30)19-8-10-21(31)11-9-19/h6-12,14,25,36H,5,13,15H2,1-4H3,(H,33,37)/t25-/m0/s1. The normalized spacial score (nSPS) is 12.8. The Morgan fingerprint density at radius 2 is 1.90 bits per heavy atom. The number of aliphatic hydroxyl groups excluding tert-OH is 1. The minimum atomic E-state index is -0.442. The van der Waals surface area contributed by atoms with Gasteiger partial charge < -0.3 is 15.2 Å². The maximum absolute atomic E-state index is 13.6. The van der Waals surface area contributed by atoms with Gasteiger partial charge in [0.15, 0.2) is 11.6 Å². The zero-order valence-corrected chi connectivity index (χ0v) is 23.0. The van der Waals surface area contributed by atoms with Gasteiger partial charge in [0.05, 0.1) is 23.1 Å². The Balaban J connectivity index is 1.55. The van der Waals surface area contributed by atoms with E-state index in [9.17, 15) is 14.3 Å². The smallest absolute Gasteiger partial charge is 0.237 e. The molecule has 3 heterocycles. The first-order chi connectivity index (χ1) is 18.8. The van der Waals surface area contributed by atoms with E-state index in [1.54, 1.807) is 18.3 Å². The number of nitrogens with zero attached hydrogens (tertiary/aromatic N) is 3. The van der Waals surface area contributed by atoms with Crippen molar-refractivity contribution in [3.63, 3.8) is 0 Å². The van der Waals surface area contributed by atoms with Crippen LogP contribution in [-0.4, -0.2) is 31.2 Å². The maximum Gasteiger partial charge on any atom is 0.237 e. The molecule has 2 N–H and O–H groups in total. The van der Waals surface area contributed by atoms with Crippen LogP contribution in [0.1, 0.15) is 46.9 Å². The van der Waals surface area contributed by atoms with Crippen LogP contribution < -0.4 is 10.1 Å². The van der Waals surface area contributed by atoms with E-state index in [1.165, 1.54) is 23.9 Å². The fourth-order valence-electron chi connectivity index (χ4n) is 4.46. The van der Waals surface area contributed by atoms with Gasteiger partial charge in [0.25, 0.3) is 0 Å². The molecule has 0 spiro atoms. The van der Waals surface area contributed by atoms with Gasteiger partial charge in [0.1, 0.15) is 10.8 Å². The molecule has 1 aliphatic rings. The molecular weight excluding hydrogens is 515 g/mol. The zero-order valence-electron chi connectivity index (χ0n) is 22.2. The Morgan fingerprint density at radius 1 is 1.13 bits per heavy atom. The molecule has 2 aromatic heterocycles. The third-order valence-electron chi connectivity index (χ3n) is 6.73. The largest absolute Gasteiger partial charge is 0.436 e. The first kappa shape index (κ1) is 26.8. The highest BCUT2D eigenvalue weighted by molar-refractivity contribution is 8.00. The number of halogens is 1. The highest BCUT2D eigenvalue weighted by Crippen LogP contribution is 2.43. The summed E-state index contributed by atoms with van der Waals surface area (Å²) in [5.41, 5.74) is 6.36. The van der Waals surface area contributed by atoms with Crippen molar-refractivity contribution in [1.82, 2.24) is 15.0 Å². The fourth-order valence-corrected chi connectivity index (χ4v) is 5.50. The molecule has 39 heavy (non-hydrogen) atoms. The number of aliphatic hydroxyl groups is 1. The number of carbonyl (C=O) groups excluding carboxylic acids is 1. The second-order valence-corrected chi connectivity index (χ2v) is 10.8. The number of hydrogen-bond donors (Lipinski definition) is 2. The van der Waals surface area contributed by atoms with E-state index in [0.29, 0.717) is 52.1 Å². The molecule has 0 saturated carbocycles. The van der Waals surface area contributed by atoms with Gasteiger partial charge in [-0.15, -0.1) is 0 Å². The van der Waals surface area contributed by atoms with Crippen LogP contribution in [0.3, 0.4) is 0 Å². The molecule has 7 nitrogen and oxygen atoms in total. The van der Waals surface area contributed by atoms with Gasteiger partial charge in [-0.3, -0.25) is 9.78 Å². The molecule has 2 aromatic carbocycles. The molecule has 1 atom stereocenters. The van der Waals surface area contributed by atoms with E-state index in [2.05, 4.69) is 15.3 Å². The van der Waals surface area contributed by atoms with Crippen LogP contribution in [0.4, 0.5) is 10.1 Å². The molecule has 4 aromatic rings. The van der Waals surface area contributed by atoms with Crippen LogP contribution in [0.15, 0.2) is 53.7 Å². The molecule has 5 rings (SSSR count). The molecule has 1 aliphatic heterocycles. The van der Waals surface area contributed by atoms with Gasteiger partial charge in [-0.2, -0.15) is 4.98 Å². The third kappa shape index (κ3) is 5.51. The van der Waals surface area contributed by atoms with Gasteiger partial charge in [0.2, 0.25) is 11.8 Å². The lowest BCUT2D eigenvalue weighted by Crippen LogP contribution is -2.25. The summed E-state index contributed by atoms with van der Waals surface area (Å²) in [5, 5.41) is 13.2. The summed E-state index contributed by atoms with van der Waals surface area (Å²) in [5.74, 6) is 0.815. The van der Waals surface area contributed by atoms with Crippen LogP contribution in [-0.2, 0) is 17.8 Å². The minimum absolute atomic E-state index is 0.125.